The summed E-state index contributed by atoms with van der Waals surface area (Å²) < 4.78 is 34.5. The third-order valence-corrected chi connectivity index (χ3v) is 3.17. The van der Waals surface area contributed by atoms with E-state index < -0.39 is 16.2 Å². The third kappa shape index (κ3) is 1.67. The van der Waals surface area contributed by atoms with Gasteiger partial charge in [0.05, 0.1) is 0 Å². The zero-order chi connectivity index (χ0) is 11.0. The van der Waals surface area contributed by atoms with Gasteiger partial charge in [-0.2, -0.15) is 0 Å². The van der Waals surface area contributed by atoms with Crippen LogP contribution in [0.2, 0.25) is 0 Å². The molecule has 0 amide bonds. The van der Waals surface area contributed by atoms with Crippen LogP contribution in [0.4, 0.5) is 4.39 Å². The van der Waals surface area contributed by atoms with Gasteiger partial charge in [0, 0.05) is 17.5 Å². The van der Waals surface area contributed by atoms with Crippen molar-refractivity contribution in [3.05, 3.63) is 34.9 Å². The number of aryl methyl sites for hydroxylation is 1. The number of thiol groups is 1. The number of benzene rings is 1. The summed E-state index contributed by atoms with van der Waals surface area (Å²) in [5, 5.41) is 0. The SMILES string of the molecule is O=C1CCc2cccc(C(F)[SH](=O)=O)c21. The van der Waals surface area contributed by atoms with Crippen molar-refractivity contribution in [1.29, 1.82) is 0 Å². The smallest absolute Gasteiger partial charge is 0.224 e. The van der Waals surface area contributed by atoms with Crippen molar-refractivity contribution in [1.82, 2.24) is 0 Å². The van der Waals surface area contributed by atoms with E-state index in [1.165, 1.54) is 6.07 Å². The summed E-state index contributed by atoms with van der Waals surface area (Å²) in [5.41, 5.74) is -1.07. The number of rotatable bonds is 2. The van der Waals surface area contributed by atoms with Crippen molar-refractivity contribution in [3.8, 4) is 0 Å². The number of ketones is 1. The fourth-order valence-corrected chi connectivity index (χ4v) is 2.30. The van der Waals surface area contributed by atoms with E-state index >= 15 is 0 Å². The van der Waals surface area contributed by atoms with Crippen molar-refractivity contribution in [2.75, 3.05) is 0 Å². The number of Topliss-reactive ketones (excluding diaryl/α,β-unsaturated/α-hetero) is 1. The van der Waals surface area contributed by atoms with Crippen LogP contribution in [-0.2, 0) is 17.1 Å². The molecule has 0 aliphatic heterocycles. The molecule has 0 heterocycles. The summed E-state index contributed by atoms with van der Waals surface area (Å²) in [5.74, 6) is -0.167. The second kappa shape index (κ2) is 3.73. The largest absolute Gasteiger partial charge is 0.294 e. The van der Waals surface area contributed by atoms with Crippen molar-refractivity contribution in [2.45, 2.75) is 18.3 Å². The molecule has 1 aliphatic rings. The molecular formula is C10H9FO3S. The molecule has 80 valence electrons. The summed E-state index contributed by atoms with van der Waals surface area (Å²) in [6.45, 7) is 0. The zero-order valence-electron chi connectivity index (χ0n) is 7.77. The Morgan fingerprint density at radius 3 is 2.67 bits per heavy atom. The van der Waals surface area contributed by atoms with Crippen molar-refractivity contribution < 1.29 is 17.6 Å². The van der Waals surface area contributed by atoms with Gasteiger partial charge >= 0.3 is 0 Å². The van der Waals surface area contributed by atoms with E-state index in [1.54, 1.807) is 12.1 Å². The number of hydrogen-bond acceptors (Lipinski definition) is 3. The van der Waals surface area contributed by atoms with E-state index in [0.717, 1.165) is 5.56 Å². The minimum Gasteiger partial charge on any atom is -0.294 e. The van der Waals surface area contributed by atoms with E-state index in [-0.39, 0.29) is 16.9 Å². The lowest BCUT2D eigenvalue weighted by molar-refractivity contribution is 0.0993. The molecule has 1 aromatic carbocycles. The van der Waals surface area contributed by atoms with E-state index in [0.29, 0.717) is 12.8 Å². The second-order valence-electron chi connectivity index (χ2n) is 3.43. The van der Waals surface area contributed by atoms with Gasteiger partial charge in [-0.15, -0.1) is 0 Å². The molecule has 0 saturated carbocycles. The van der Waals surface area contributed by atoms with Gasteiger partial charge in [0.1, 0.15) is 0 Å². The second-order valence-corrected chi connectivity index (χ2v) is 4.45. The standard InChI is InChI=1S/C10H9FO3S/c11-10(15(13)14)7-3-1-2-6-4-5-8(12)9(6)7/h1-3,10,15H,4-5H2. The van der Waals surface area contributed by atoms with Gasteiger partial charge in [-0.05, 0) is 12.0 Å². The molecule has 2 rings (SSSR count). The number of fused-ring (bicyclic) bond motifs is 1. The Morgan fingerprint density at radius 2 is 2.00 bits per heavy atom. The molecule has 0 saturated heterocycles. The summed E-state index contributed by atoms with van der Waals surface area (Å²) in [4.78, 5) is 11.4. The third-order valence-electron chi connectivity index (χ3n) is 2.52. The quantitative estimate of drug-likeness (QED) is 0.778. The number of carbonyl (C=O) groups is 1. The van der Waals surface area contributed by atoms with Crippen LogP contribution in [0.5, 0.6) is 0 Å². The molecule has 0 bridgehead atoms. The molecule has 0 aromatic heterocycles. The highest BCUT2D eigenvalue weighted by Crippen LogP contribution is 2.30. The molecule has 1 aliphatic carbocycles. The minimum atomic E-state index is -3.18. The fraction of sp³-hybridized carbons (Fsp3) is 0.300. The first kappa shape index (κ1) is 10.3. The number of halogens is 1. The van der Waals surface area contributed by atoms with Gasteiger partial charge in [0.15, 0.2) is 16.5 Å². The Bertz CT molecular complexity index is 485. The normalized spacial score (nSPS) is 16.8. The van der Waals surface area contributed by atoms with Gasteiger partial charge in [0.2, 0.25) is 5.50 Å². The van der Waals surface area contributed by atoms with E-state index in [2.05, 4.69) is 0 Å². The monoisotopic (exact) mass is 228 g/mol. The summed E-state index contributed by atoms with van der Waals surface area (Å²) in [6.07, 6.45) is 0.916. The summed E-state index contributed by atoms with van der Waals surface area (Å²) in [7, 11) is -3.18. The molecule has 15 heavy (non-hydrogen) atoms. The average Bonchev–Trinajstić information content (AvgIpc) is 2.59. The molecule has 1 unspecified atom stereocenters. The lowest BCUT2D eigenvalue weighted by Gasteiger charge is -2.06. The Balaban J connectivity index is 2.59. The van der Waals surface area contributed by atoms with Crippen LogP contribution < -0.4 is 0 Å². The highest BCUT2D eigenvalue weighted by atomic mass is 32.2. The molecule has 1 aromatic rings. The van der Waals surface area contributed by atoms with Crippen molar-refractivity contribution in [2.24, 2.45) is 0 Å². The first-order valence-corrected chi connectivity index (χ1v) is 5.78. The highest BCUT2D eigenvalue weighted by Gasteiger charge is 2.27. The topological polar surface area (TPSA) is 51.2 Å². The maximum Gasteiger partial charge on any atom is 0.224 e. The molecule has 5 heteroatoms. The van der Waals surface area contributed by atoms with Gasteiger partial charge in [-0.1, -0.05) is 18.2 Å². The minimum absolute atomic E-state index is 0.00823. The Hall–Kier alpha value is -1.23. The van der Waals surface area contributed by atoms with Crippen LogP contribution in [0.15, 0.2) is 18.2 Å². The molecule has 0 spiro atoms. The lowest BCUT2D eigenvalue weighted by Crippen LogP contribution is -2.03. The molecule has 3 nitrogen and oxygen atoms in total. The Labute approximate surface area is 87.9 Å². The maximum absolute atomic E-state index is 13.3. The van der Waals surface area contributed by atoms with E-state index in [1.807, 2.05) is 0 Å². The van der Waals surface area contributed by atoms with Crippen molar-refractivity contribution >= 4 is 16.5 Å². The van der Waals surface area contributed by atoms with Crippen LogP contribution in [0.3, 0.4) is 0 Å². The van der Waals surface area contributed by atoms with Crippen molar-refractivity contribution in [3.63, 3.8) is 0 Å². The molecule has 0 N–H and O–H groups in total. The van der Waals surface area contributed by atoms with E-state index in [4.69, 9.17) is 0 Å². The Kier molecular flexibility index (Phi) is 2.56. The number of hydrogen-bond donors (Lipinski definition) is 1. The molecule has 0 fully saturated rings. The van der Waals surface area contributed by atoms with Crippen LogP contribution in [0, 0.1) is 0 Å². The lowest BCUT2D eigenvalue weighted by atomic mass is 10.0. The summed E-state index contributed by atoms with van der Waals surface area (Å²) >= 11 is 0. The average molecular weight is 228 g/mol. The highest BCUT2D eigenvalue weighted by molar-refractivity contribution is 7.72. The molecule has 0 radical (unpaired) electrons. The van der Waals surface area contributed by atoms with Crippen LogP contribution in [0.25, 0.3) is 0 Å². The van der Waals surface area contributed by atoms with Gasteiger partial charge in [0.25, 0.3) is 0 Å². The molecular weight excluding hydrogens is 219 g/mol. The van der Waals surface area contributed by atoms with Gasteiger partial charge < -0.3 is 0 Å². The molecule has 1 atom stereocenters. The van der Waals surface area contributed by atoms with Gasteiger partial charge in [-0.25, -0.2) is 12.8 Å². The number of alkyl halides is 1. The maximum atomic E-state index is 13.3. The van der Waals surface area contributed by atoms with E-state index in [9.17, 15) is 17.6 Å². The van der Waals surface area contributed by atoms with Crippen LogP contribution in [-0.4, -0.2) is 14.2 Å². The fourth-order valence-electron chi connectivity index (χ4n) is 1.85. The first-order valence-electron chi connectivity index (χ1n) is 4.54. The van der Waals surface area contributed by atoms with Crippen LogP contribution in [0.1, 0.15) is 33.4 Å². The van der Waals surface area contributed by atoms with Crippen LogP contribution >= 0.6 is 0 Å². The first-order chi connectivity index (χ1) is 7.11. The predicted octanol–water partition coefficient (Wildman–Crippen LogP) is 1.39. The number of carbonyl (C=O) groups excluding carboxylic acids is 1. The summed E-state index contributed by atoms with van der Waals surface area (Å²) in [6, 6.07) is 4.67. The Morgan fingerprint density at radius 1 is 1.27 bits per heavy atom. The van der Waals surface area contributed by atoms with Gasteiger partial charge in [-0.3, -0.25) is 4.79 Å². The zero-order valence-corrected chi connectivity index (χ0v) is 8.67. The predicted molar refractivity (Wildman–Crippen MR) is 53.3 cm³/mol.